The maximum Gasteiger partial charge on any atom is 0.573 e. The summed E-state index contributed by atoms with van der Waals surface area (Å²) in [5.74, 6) is -1.34. The largest absolute Gasteiger partial charge is 0.573 e. The molecule has 0 aliphatic heterocycles. The van der Waals surface area contributed by atoms with Gasteiger partial charge in [0.2, 0.25) is 0 Å². The molecular weight excluding hydrogens is 638 g/mol. The van der Waals surface area contributed by atoms with Gasteiger partial charge in [-0.15, -0.1) is 26.3 Å². The van der Waals surface area contributed by atoms with Crippen LogP contribution >= 0.6 is 0 Å². The second-order valence-electron chi connectivity index (χ2n) is 9.76. The fourth-order valence-corrected chi connectivity index (χ4v) is 5.51. The summed E-state index contributed by atoms with van der Waals surface area (Å²) in [6.45, 7) is 0. The number of alkyl halides is 6. The molecule has 0 amide bonds. The minimum atomic E-state index is -5.06. The van der Waals surface area contributed by atoms with E-state index in [9.17, 15) is 57.9 Å². The molecule has 0 aromatic heterocycles. The first-order valence-electron chi connectivity index (χ1n) is 13.1. The van der Waals surface area contributed by atoms with Gasteiger partial charge in [-0.1, -0.05) is 18.2 Å². The van der Waals surface area contributed by atoms with Crippen molar-refractivity contribution in [3.05, 3.63) is 105 Å². The van der Waals surface area contributed by atoms with E-state index in [2.05, 4.69) is 9.47 Å². The number of allylic oxidation sites excluding steroid dienone is 8. The van der Waals surface area contributed by atoms with Crippen molar-refractivity contribution in [2.24, 2.45) is 0 Å². The summed E-state index contributed by atoms with van der Waals surface area (Å²) in [6, 6.07) is 22.5. The van der Waals surface area contributed by atoms with Gasteiger partial charge in [0.15, 0.2) is 0 Å². The Morgan fingerprint density at radius 1 is 0.500 bits per heavy atom. The van der Waals surface area contributed by atoms with Gasteiger partial charge in [0.1, 0.15) is 59.1 Å². The summed E-state index contributed by atoms with van der Waals surface area (Å²) < 4.78 is 85.9. The highest BCUT2D eigenvalue weighted by Crippen LogP contribution is 2.52. The van der Waals surface area contributed by atoms with Crippen LogP contribution in [0.15, 0.2) is 71.8 Å². The second kappa shape index (κ2) is 11.9. The Bertz CT molecular complexity index is 2140. The highest BCUT2D eigenvalue weighted by Gasteiger charge is 2.37. The van der Waals surface area contributed by atoms with Crippen molar-refractivity contribution in [2.75, 3.05) is 0 Å². The first kappa shape index (κ1) is 32.1. The summed E-state index contributed by atoms with van der Waals surface area (Å²) >= 11 is 0. The van der Waals surface area contributed by atoms with Crippen LogP contribution in [0.25, 0.3) is 33.4 Å². The molecule has 3 aromatic carbocycles. The summed E-state index contributed by atoms with van der Waals surface area (Å²) in [5.41, 5.74) is -1.34. The Hall–Kier alpha value is -7.26. The molecule has 5 rings (SSSR count). The van der Waals surface area contributed by atoms with Crippen molar-refractivity contribution in [3.63, 3.8) is 0 Å². The zero-order valence-corrected chi connectivity index (χ0v) is 23.5. The highest BCUT2D eigenvalue weighted by molar-refractivity contribution is 6.28. The van der Waals surface area contributed by atoms with Gasteiger partial charge < -0.3 is 9.47 Å². The second-order valence-corrected chi connectivity index (χ2v) is 9.76. The third-order valence-corrected chi connectivity index (χ3v) is 7.14. The van der Waals surface area contributed by atoms with Crippen LogP contribution in [0.5, 0.6) is 11.5 Å². The molecule has 0 N–H and O–H groups in total. The molecule has 230 valence electrons. The first-order valence-corrected chi connectivity index (χ1v) is 13.1. The normalized spacial score (nSPS) is 13.2. The number of benzene rings is 3. The molecule has 0 saturated heterocycles. The number of hydrogen-bond acceptors (Lipinski definition) is 8. The Kier molecular flexibility index (Phi) is 7.98. The average Bonchev–Trinajstić information content (AvgIpc) is 3.53. The van der Waals surface area contributed by atoms with E-state index in [4.69, 9.17) is 0 Å². The van der Waals surface area contributed by atoms with Crippen LogP contribution < -0.4 is 9.47 Å². The minimum absolute atomic E-state index is 0.0292. The average molecular weight is 648 g/mol. The van der Waals surface area contributed by atoms with Gasteiger partial charge in [-0.3, -0.25) is 0 Å². The van der Waals surface area contributed by atoms with E-state index in [1.165, 1.54) is 24.3 Å². The molecule has 0 unspecified atom stereocenters. The quantitative estimate of drug-likeness (QED) is 0.203. The Balaban J connectivity index is 1.79. The molecule has 0 radical (unpaired) electrons. The van der Waals surface area contributed by atoms with Gasteiger partial charge in [-0.25, -0.2) is 0 Å². The lowest BCUT2D eigenvalue weighted by molar-refractivity contribution is -0.275. The lowest BCUT2D eigenvalue weighted by Gasteiger charge is -2.13. The van der Waals surface area contributed by atoms with Crippen molar-refractivity contribution in [1.82, 2.24) is 0 Å². The molecule has 3 aromatic rings. The van der Waals surface area contributed by atoms with Crippen molar-refractivity contribution in [3.8, 4) is 47.9 Å². The molecule has 8 nitrogen and oxygen atoms in total. The summed E-state index contributed by atoms with van der Waals surface area (Å²) in [5, 5.41) is 59.5. The Labute approximate surface area is 266 Å². The van der Waals surface area contributed by atoms with E-state index < -0.39 is 35.4 Å². The highest BCUT2D eigenvalue weighted by atomic mass is 19.4. The monoisotopic (exact) mass is 648 g/mol. The molecule has 14 heteroatoms. The topological polar surface area (TPSA) is 161 Å². The third-order valence-electron chi connectivity index (χ3n) is 7.14. The lowest BCUT2D eigenvalue weighted by Crippen LogP contribution is -2.17. The van der Waals surface area contributed by atoms with Crippen molar-refractivity contribution < 1.29 is 35.8 Å². The van der Waals surface area contributed by atoms with Crippen LogP contribution in [0.1, 0.15) is 33.4 Å². The number of halogens is 6. The van der Waals surface area contributed by atoms with Crippen LogP contribution in [-0.4, -0.2) is 12.7 Å². The van der Waals surface area contributed by atoms with Crippen LogP contribution in [0.3, 0.4) is 0 Å². The number of hydrogen-bond donors (Lipinski definition) is 0. The number of rotatable bonds is 4. The van der Waals surface area contributed by atoms with Crippen LogP contribution in [0.2, 0.25) is 0 Å². The van der Waals surface area contributed by atoms with Gasteiger partial charge in [-0.05, 0) is 64.7 Å². The SMILES string of the molecule is N#CC(C#N)=C1C(c2cccc(C3=C(C#N)c4cc(OC(F)(F)F)ccc4C3=C(C#N)C#N)c2)=C(C#N)c2cc(OC(F)(F)F)ccc21. The van der Waals surface area contributed by atoms with E-state index in [0.29, 0.717) is 0 Å². The minimum Gasteiger partial charge on any atom is -0.406 e. The van der Waals surface area contributed by atoms with Crippen molar-refractivity contribution >= 4 is 33.4 Å². The summed E-state index contributed by atoms with van der Waals surface area (Å²) in [6.07, 6.45) is -10.1. The first-order chi connectivity index (χ1) is 22.8. The summed E-state index contributed by atoms with van der Waals surface area (Å²) in [7, 11) is 0. The fraction of sp³-hybridized carbons (Fsp3) is 0.0588. The lowest BCUT2D eigenvalue weighted by atomic mass is 9.88. The molecule has 0 fully saturated rings. The predicted molar refractivity (Wildman–Crippen MR) is 154 cm³/mol. The van der Waals surface area contributed by atoms with Gasteiger partial charge in [0.05, 0.1) is 11.1 Å². The van der Waals surface area contributed by atoms with E-state index in [0.717, 1.165) is 36.4 Å². The van der Waals surface area contributed by atoms with Gasteiger partial charge in [0.25, 0.3) is 0 Å². The van der Waals surface area contributed by atoms with Crippen molar-refractivity contribution in [2.45, 2.75) is 12.7 Å². The van der Waals surface area contributed by atoms with Crippen molar-refractivity contribution in [1.29, 1.82) is 31.6 Å². The molecule has 0 bridgehead atoms. The van der Waals surface area contributed by atoms with Crippen LogP contribution in [0, 0.1) is 68.0 Å². The molecule has 0 heterocycles. The molecule has 2 aliphatic rings. The molecule has 48 heavy (non-hydrogen) atoms. The molecule has 2 aliphatic carbocycles. The Morgan fingerprint density at radius 2 is 0.875 bits per heavy atom. The summed E-state index contributed by atoms with van der Waals surface area (Å²) in [4.78, 5) is 0. The number of ether oxygens (including phenoxy) is 2. The molecule has 0 spiro atoms. The molecular formula is C34H10F6N6O2. The predicted octanol–water partition coefficient (Wildman–Crippen LogP) is 7.98. The third kappa shape index (κ3) is 5.66. The number of nitriles is 6. The number of fused-ring (bicyclic) bond motifs is 2. The zero-order valence-electron chi connectivity index (χ0n) is 23.5. The van der Waals surface area contributed by atoms with Crippen LogP contribution in [0.4, 0.5) is 26.3 Å². The van der Waals surface area contributed by atoms with E-state index in [1.807, 2.05) is 12.1 Å². The Morgan fingerprint density at radius 3 is 1.19 bits per heavy atom. The van der Waals surface area contributed by atoms with E-state index >= 15 is 0 Å². The van der Waals surface area contributed by atoms with Gasteiger partial charge in [-0.2, -0.15) is 31.6 Å². The number of nitrogens with zero attached hydrogens (tertiary/aromatic N) is 6. The van der Waals surface area contributed by atoms with Gasteiger partial charge >= 0.3 is 12.7 Å². The van der Waals surface area contributed by atoms with E-state index in [1.54, 1.807) is 24.3 Å². The molecule has 0 atom stereocenters. The van der Waals surface area contributed by atoms with Gasteiger partial charge in [0, 0.05) is 33.4 Å². The van der Waals surface area contributed by atoms with Crippen LogP contribution in [-0.2, 0) is 0 Å². The smallest absolute Gasteiger partial charge is 0.406 e. The maximum atomic E-state index is 13.0. The molecule has 0 saturated carbocycles. The zero-order chi connectivity index (χ0) is 35.0. The maximum absolute atomic E-state index is 13.0. The fourth-order valence-electron chi connectivity index (χ4n) is 5.51. The standard InChI is InChI=1S/C34H10F6N6O2/c35-33(36,37)47-21-4-6-23-25(9-21)27(15-45)29(31(23)19(11-41)12-42)17-2-1-3-18(8-17)30-28(16-46)26-10-22(48-34(38,39)40)5-7-24(26)32(30)20(13-43)14-44/h1-10H. The van der Waals surface area contributed by atoms with E-state index in [-0.39, 0.29) is 66.8 Å².